The van der Waals surface area contributed by atoms with Crippen LogP contribution in [-0.2, 0) is 19.6 Å². The first kappa shape index (κ1) is 23.9. The second-order valence-electron chi connectivity index (χ2n) is 9.15. The van der Waals surface area contributed by atoms with Gasteiger partial charge in [-0.25, -0.2) is 19.6 Å². The first-order valence-corrected chi connectivity index (χ1v) is 8.37. The third-order valence-electron chi connectivity index (χ3n) is 2.21. The molecule has 25 heavy (non-hydrogen) atoms. The van der Waals surface area contributed by atoms with E-state index in [0.29, 0.717) is 0 Å². The largest absolute Gasteiger partial charge is 0.367 e. The van der Waals surface area contributed by atoms with Crippen LogP contribution in [0.1, 0.15) is 76.2 Å². The molecular formula is C20H34O5. The molecule has 1 N–H and O–H groups in total. The van der Waals surface area contributed by atoms with Crippen LogP contribution < -0.4 is 0 Å². The van der Waals surface area contributed by atoms with Crippen molar-refractivity contribution in [1.82, 2.24) is 0 Å². The van der Waals surface area contributed by atoms with E-state index in [-0.39, 0.29) is 0 Å². The van der Waals surface area contributed by atoms with Crippen LogP contribution in [0, 0.1) is 23.7 Å². The van der Waals surface area contributed by atoms with E-state index in [9.17, 15) is 5.11 Å². The van der Waals surface area contributed by atoms with E-state index in [0.717, 1.165) is 0 Å². The minimum Gasteiger partial charge on any atom is -0.367 e. The Labute approximate surface area is 153 Å². The molecule has 0 unspecified atom stereocenters. The third-order valence-corrected chi connectivity index (χ3v) is 2.21. The molecule has 0 heterocycles. The Bertz CT molecular complexity index is 501. The summed E-state index contributed by atoms with van der Waals surface area (Å²) in [6.07, 6.45) is 0. The minimum absolute atomic E-state index is 0.449. The number of hydrogen-bond acceptors (Lipinski definition) is 5. The fourth-order valence-corrected chi connectivity index (χ4v) is 1.08. The average Bonchev–Trinajstić information content (AvgIpc) is 2.39. The molecular weight excluding hydrogens is 320 g/mol. The molecule has 0 aliphatic carbocycles. The van der Waals surface area contributed by atoms with Crippen molar-refractivity contribution in [2.24, 2.45) is 0 Å². The summed E-state index contributed by atoms with van der Waals surface area (Å²) in [6.45, 7) is 19.8. The second-order valence-corrected chi connectivity index (χ2v) is 9.15. The van der Waals surface area contributed by atoms with Gasteiger partial charge in [0, 0.05) is 0 Å². The Morgan fingerprint density at radius 2 is 0.760 bits per heavy atom. The van der Waals surface area contributed by atoms with E-state index in [1.807, 2.05) is 41.5 Å². The topological polar surface area (TPSA) is 57.2 Å². The lowest BCUT2D eigenvalue weighted by molar-refractivity contribution is -0.384. The highest BCUT2D eigenvalue weighted by atomic mass is 17.2. The molecule has 0 saturated carbocycles. The van der Waals surface area contributed by atoms with Gasteiger partial charge >= 0.3 is 0 Å². The highest BCUT2D eigenvalue weighted by Gasteiger charge is 2.25. The van der Waals surface area contributed by atoms with Crippen molar-refractivity contribution < 1.29 is 24.7 Å². The summed E-state index contributed by atoms with van der Waals surface area (Å²) >= 11 is 0. The summed E-state index contributed by atoms with van der Waals surface area (Å²) in [5, 5.41) is 10.4. The van der Waals surface area contributed by atoms with E-state index in [1.165, 1.54) is 6.92 Å². The number of rotatable bonds is 4. The molecule has 0 aromatic heterocycles. The molecule has 0 aromatic carbocycles. The smallest absolute Gasteiger partial charge is 0.184 e. The molecule has 0 radical (unpaired) electrons. The Balaban J connectivity index is 5.01. The minimum atomic E-state index is -1.52. The fraction of sp³-hybridized carbons (Fsp3) is 0.800. The Kier molecular flexibility index (Phi) is 7.73. The first-order chi connectivity index (χ1) is 10.8. The van der Waals surface area contributed by atoms with Gasteiger partial charge in [0.25, 0.3) is 0 Å². The quantitative estimate of drug-likeness (QED) is 0.473. The van der Waals surface area contributed by atoms with Crippen LogP contribution in [0.2, 0.25) is 0 Å². The maximum Gasteiger partial charge on any atom is 0.184 e. The number of hydrogen-bond donors (Lipinski definition) is 1. The zero-order chi connectivity index (χ0) is 20.2. The van der Waals surface area contributed by atoms with Crippen molar-refractivity contribution in [2.75, 3.05) is 0 Å². The molecule has 0 bridgehead atoms. The van der Waals surface area contributed by atoms with Gasteiger partial charge in [-0.1, -0.05) is 23.7 Å². The summed E-state index contributed by atoms with van der Waals surface area (Å²) < 4.78 is 0. The highest BCUT2D eigenvalue weighted by Crippen LogP contribution is 2.17. The van der Waals surface area contributed by atoms with Gasteiger partial charge in [-0.05, 0) is 76.2 Å². The van der Waals surface area contributed by atoms with Gasteiger partial charge in [-0.2, -0.15) is 0 Å². The van der Waals surface area contributed by atoms with Crippen molar-refractivity contribution in [3.8, 4) is 23.7 Å². The molecule has 0 spiro atoms. The SMILES string of the molecule is CC(O)(C#CC(C)(C)OOC(C)(C)C)C#CC(C)(C)OOC(C)(C)C. The normalized spacial score (nSPS) is 13.6. The Hall–Kier alpha value is -1.08. The van der Waals surface area contributed by atoms with Crippen molar-refractivity contribution in [3.05, 3.63) is 0 Å². The van der Waals surface area contributed by atoms with Gasteiger partial charge < -0.3 is 5.11 Å². The average molecular weight is 354 g/mol. The zero-order valence-electron chi connectivity index (χ0n) is 17.6. The number of aliphatic hydroxyl groups is 1. The van der Waals surface area contributed by atoms with Crippen molar-refractivity contribution in [2.45, 2.75) is 104 Å². The van der Waals surface area contributed by atoms with Crippen LogP contribution in [0.3, 0.4) is 0 Å². The molecule has 0 saturated heterocycles. The van der Waals surface area contributed by atoms with E-state index in [1.54, 1.807) is 27.7 Å². The van der Waals surface area contributed by atoms with Crippen molar-refractivity contribution >= 4 is 0 Å². The Morgan fingerprint density at radius 1 is 0.480 bits per heavy atom. The maximum atomic E-state index is 10.4. The highest BCUT2D eigenvalue weighted by molar-refractivity contribution is 5.31. The van der Waals surface area contributed by atoms with Crippen LogP contribution in [0.5, 0.6) is 0 Å². The summed E-state index contributed by atoms with van der Waals surface area (Å²) in [7, 11) is 0. The fourth-order valence-electron chi connectivity index (χ4n) is 1.08. The van der Waals surface area contributed by atoms with Crippen molar-refractivity contribution in [3.63, 3.8) is 0 Å². The van der Waals surface area contributed by atoms with Crippen LogP contribution in [0.15, 0.2) is 0 Å². The maximum absolute atomic E-state index is 10.4. The van der Waals surface area contributed by atoms with Gasteiger partial charge in [0.1, 0.15) is 0 Å². The lowest BCUT2D eigenvalue weighted by atomic mass is 10.0. The first-order valence-electron chi connectivity index (χ1n) is 8.37. The molecule has 5 heteroatoms. The van der Waals surface area contributed by atoms with Gasteiger partial charge in [0.05, 0.1) is 11.2 Å². The summed E-state index contributed by atoms with van der Waals surface area (Å²) in [6, 6.07) is 0. The predicted molar refractivity (Wildman–Crippen MR) is 98.2 cm³/mol. The molecule has 0 aromatic rings. The molecule has 0 aliphatic rings. The summed E-state index contributed by atoms with van der Waals surface area (Å²) in [4.78, 5) is 21.2. The molecule has 0 rings (SSSR count). The van der Waals surface area contributed by atoms with E-state index in [4.69, 9.17) is 19.6 Å². The zero-order valence-corrected chi connectivity index (χ0v) is 17.6. The van der Waals surface area contributed by atoms with Crippen LogP contribution in [0.25, 0.3) is 0 Å². The summed E-state index contributed by atoms with van der Waals surface area (Å²) in [5.41, 5.74) is -4.20. The standard InChI is InChI=1S/C20H34O5/c1-16(2,3)22-24-18(7,8)12-14-20(11,21)15-13-19(9,10)25-23-17(4,5)6/h21H,1-11H3. The third kappa shape index (κ3) is 13.8. The summed E-state index contributed by atoms with van der Waals surface area (Å²) in [5.74, 6) is 11.1. The van der Waals surface area contributed by atoms with Crippen LogP contribution in [0.4, 0.5) is 0 Å². The molecule has 144 valence electrons. The van der Waals surface area contributed by atoms with Gasteiger partial charge in [0.15, 0.2) is 16.8 Å². The van der Waals surface area contributed by atoms with E-state index in [2.05, 4.69) is 23.7 Å². The molecule has 5 nitrogen and oxygen atoms in total. The van der Waals surface area contributed by atoms with Gasteiger partial charge in [0.2, 0.25) is 0 Å². The predicted octanol–water partition coefficient (Wildman–Crippen LogP) is 3.79. The van der Waals surface area contributed by atoms with Gasteiger partial charge in [-0.15, -0.1) is 0 Å². The second kappa shape index (κ2) is 8.08. The van der Waals surface area contributed by atoms with Crippen molar-refractivity contribution in [1.29, 1.82) is 0 Å². The van der Waals surface area contributed by atoms with Crippen LogP contribution >= 0.6 is 0 Å². The molecule has 0 aliphatic heterocycles. The Morgan fingerprint density at radius 3 is 1.00 bits per heavy atom. The van der Waals surface area contributed by atoms with E-state index >= 15 is 0 Å². The molecule has 0 atom stereocenters. The molecule has 0 fully saturated rings. The monoisotopic (exact) mass is 354 g/mol. The van der Waals surface area contributed by atoms with Gasteiger partial charge in [-0.3, -0.25) is 0 Å². The van der Waals surface area contributed by atoms with Crippen LogP contribution in [-0.4, -0.2) is 33.1 Å². The van der Waals surface area contributed by atoms with E-state index < -0.39 is 28.0 Å². The lowest BCUT2D eigenvalue weighted by Gasteiger charge is -2.25. The lowest BCUT2D eigenvalue weighted by Crippen LogP contribution is -2.31. The molecule has 0 amide bonds.